The fourth-order valence-electron chi connectivity index (χ4n) is 2.32. The molecule has 7 heteroatoms. The highest BCUT2D eigenvalue weighted by Gasteiger charge is 2.31. The molecule has 0 bridgehead atoms. The number of fused-ring (bicyclic) bond motifs is 1. The second-order valence-corrected chi connectivity index (χ2v) is 7.12. The molecule has 1 aromatic carbocycles. The van der Waals surface area contributed by atoms with Crippen molar-refractivity contribution < 1.29 is 13.5 Å². The first-order valence-electron chi connectivity index (χ1n) is 6.21. The van der Waals surface area contributed by atoms with Crippen molar-refractivity contribution in [1.29, 1.82) is 0 Å². The maximum absolute atomic E-state index is 12.5. The highest BCUT2D eigenvalue weighted by molar-refractivity contribution is 7.89. The number of hydrogen-bond donors (Lipinski definition) is 1. The predicted octanol–water partition coefficient (Wildman–Crippen LogP) is 1.64. The monoisotopic (exact) mass is 312 g/mol. The van der Waals surface area contributed by atoms with Crippen molar-refractivity contribution in [3.63, 3.8) is 0 Å². The molecule has 1 N–H and O–H groups in total. The first kappa shape index (κ1) is 13.8. The number of halogens is 1. The van der Waals surface area contributed by atoms with Gasteiger partial charge in [0.05, 0.1) is 16.5 Å². The molecular weight excluding hydrogens is 300 g/mol. The maximum atomic E-state index is 12.5. The Labute approximate surface area is 121 Å². The molecule has 2 aromatic rings. The second kappa shape index (κ2) is 4.96. The van der Waals surface area contributed by atoms with E-state index < -0.39 is 16.1 Å². The number of aliphatic hydroxyl groups is 1. The van der Waals surface area contributed by atoms with Gasteiger partial charge < -0.3 is 5.11 Å². The van der Waals surface area contributed by atoms with Crippen molar-refractivity contribution in [2.75, 3.05) is 13.1 Å². The minimum atomic E-state index is -3.56. The summed E-state index contributed by atoms with van der Waals surface area (Å²) in [5.41, 5.74) is 0.651. The molecule has 0 amide bonds. The SMILES string of the molecule is O=S(=O)(c1ccc2nc(Cl)ccc2c1)N1CCC(O)C1. The van der Waals surface area contributed by atoms with E-state index in [0.717, 1.165) is 5.39 Å². The smallest absolute Gasteiger partial charge is 0.243 e. The van der Waals surface area contributed by atoms with Crippen LogP contribution in [-0.4, -0.2) is 42.0 Å². The quantitative estimate of drug-likeness (QED) is 0.856. The van der Waals surface area contributed by atoms with E-state index in [1.807, 2.05) is 0 Å². The van der Waals surface area contributed by atoms with Crippen LogP contribution in [0.2, 0.25) is 5.15 Å². The molecule has 0 radical (unpaired) electrons. The number of pyridine rings is 1. The Balaban J connectivity index is 2.03. The Kier molecular flexibility index (Phi) is 3.41. The van der Waals surface area contributed by atoms with Gasteiger partial charge in [0.2, 0.25) is 10.0 Å². The lowest BCUT2D eigenvalue weighted by atomic mass is 10.2. The van der Waals surface area contributed by atoms with E-state index in [1.54, 1.807) is 24.3 Å². The summed E-state index contributed by atoms with van der Waals surface area (Å²) in [5, 5.41) is 10.6. The van der Waals surface area contributed by atoms with E-state index in [2.05, 4.69) is 4.98 Å². The van der Waals surface area contributed by atoms with Crippen LogP contribution < -0.4 is 0 Å². The molecule has 106 valence electrons. The largest absolute Gasteiger partial charge is 0.392 e. The van der Waals surface area contributed by atoms with Gasteiger partial charge in [0, 0.05) is 18.5 Å². The van der Waals surface area contributed by atoms with Gasteiger partial charge in [-0.2, -0.15) is 4.31 Å². The van der Waals surface area contributed by atoms with Gasteiger partial charge in [-0.3, -0.25) is 0 Å². The second-order valence-electron chi connectivity index (χ2n) is 4.79. The number of rotatable bonds is 2. The predicted molar refractivity (Wildman–Crippen MR) is 76.1 cm³/mol. The topological polar surface area (TPSA) is 70.5 Å². The molecule has 20 heavy (non-hydrogen) atoms. The van der Waals surface area contributed by atoms with Crippen LogP contribution in [0.15, 0.2) is 35.2 Å². The zero-order valence-electron chi connectivity index (χ0n) is 10.5. The number of aromatic nitrogens is 1. The molecule has 1 saturated heterocycles. The summed E-state index contributed by atoms with van der Waals surface area (Å²) in [7, 11) is -3.56. The highest BCUT2D eigenvalue weighted by atomic mass is 35.5. The first-order chi connectivity index (χ1) is 9.46. The molecule has 1 aromatic heterocycles. The average molecular weight is 313 g/mol. The molecule has 0 aliphatic carbocycles. The molecule has 5 nitrogen and oxygen atoms in total. The first-order valence-corrected chi connectivity index (χ1v) is 8.03. The lowest BCUT2D eigenvalue weighted by Crippen LogP contribution is -2.29. The zero-order chi connectivity index (χ0) is 14.3. The molecule has 1 aliphatic heterocycles. The van der Waals surface area contributed by atoms with Gasteiger partial charge >= 0.3 is 0 Å². The van der Waals surface area contributed by atoms with Crippen LogP contribution in [0.25, 0.3) is 10.9 Å². The standard InChI is InChI=1S/C13H13ClN2O3S/c14-13-4-1-9-7-11(2-3-12(9)15-13)20(18,19)16-6-5-10(17)8-16/h1-4,7,10,17H,5-6,8H2. The number of β-amino-alcohol motifs (C(OH)–C–C–N with tert-alkyl or cyclic N) is 1. The van der Waals surface area contributed by atoms with Crippen LogP contribution in [0, 0.1) is 0 Å². The van der Waals surface area contributed by atoms with Crippen LogP contribution in [0.5, 0.6) is 0 Å². The summed E-state index contributed by atoms with van der Waals surface area (Å²) < 4.78 is 26.2. The van der Waals surface area contributed by atoms with Crippen molar-refractivity contribution in [3.8, 4) is 0 Å². The Morgan fingerprint density at radius 1 is 1.30 bits per heavy atom. The molecular formula is C13H13ClN2O3S. The fourth-order valence-corrected chi connectivity index (χ4v) is 4.00. The van der Waals surface area contributed by atoms with Crippen LogP contribution in [0.1, 0.15) is 6.42 Å². The Bertz CT molecular complexity index is 763. The van der Waals surface area contributed by atoms with Gasteiger partial charge in [0.1, 0.15) is 5.15 Å². The number of benzene rings is 1. The molecule has 1 aliphatic rings. The maximum Gasteiger partial charge on any atom is 0.243 e. The minimum Gasteiger partial charge on any atom is -0.392 e. The number of sulfonamides is 1. The van der Waals surface area contributed by atoms with Gasteiger partial charge in [0.15, 0.2) is 0 Å². The van der Waals surface area contributed by atoms with Crippen LogP contribution in [0.4, 0.5) is 0 Å². The molecule has 2 heterocycles. The Morgan fingerprint density at radius 2 is 2.10 bits per heavy atom. The van der Waals surface area contributed by atoms with Gasteiger partial charge in [-0.1, -0.05) is 11.6 Å². The summed E-state index contributed by atoms with van der Waals surface area (Å²) >= 11 is 5.80. The Hall–Kier alpha value is -1.21. The van der Waals surface area contributed by atoms with Crippen LogP contribution in [-0.2, 0) is 10.0 Å². The lowest BCUT2D eigenvalue weighted by molar-refractivity contribution is 0.189. The van der Waals surface area contributed by atoms with E-state index in [9.17, 15) is 13.5 Å². The highest BCUT2D eigenvalue weighted by Crippen LogP contribution is 2.24. The van der Waals surface area contributed by atoms with Crippen molar-refractivity contribution in [1.82, 2.24) is 9.29 Å². The summed E-state index contributed by atoms with van der Waals surface area (Å²) in [6.45, 7) is 0.500. The molecule has 3 rings (SSSR count). The van der Waals surface area contributed by atoms with E-state index >= 15 is 0 Å². The molecule has 1 atom stereocenters. The van der Waals surface area contributed by atoms with Crippen LogP contribution in [0.3, 0.4) is 0 Å². The van der Waals surface area contributed by atoms with Crippen molar-refractivity contribution in [2.24, 2.45) is 0 Å². The van der Waals surface area contributed by atoms with Gasteiger partial charge in [-0.15, -0.1) is 0 Å². The van der Waals surface area contributed by atoms with Crippen molar-refractivity contribution in [3.05, 3.63) is 35.5 Å². The van der Waals surface area contributed by atoms with Crippen molar-refractivity contribution >= 4 is 32.5 Å². The molecule has 1 fully saturated rings. The number of aliphatic hydroxyl groups excluding tert-OH is 1. The number of nitrogens with zero attached hydrogens (tertiary/aromatic N) is 2. The van der Waals surface area contributed by atoms with E-state index in [-0.39, 0.29) is 11.4 Å². The minimum absolute atomic E-state index is 0.152. The van der Waals surface area contributed by atoms with E-state index in [0.29, 0.717) is 23.6 Å². The fraction of sp³-hybridized carbons (Fsp3) is 0.308. The van der Waals surface area contributed by atoms with Gasteiger partial charge in [-0.25, -0.2) is 13.4 Å². The third-order valence-electron chi connectivity index (χ3n) is 3.39. The average Bonchev–Trinajstić information content (AvgIpc) is 2.85. The molecule has 0 saturated carbocycles. The summed E-state index contributed by atoms with van der Waals surface area (Å²) in [4.78, 5) is 4.34. The summed E-state index contributed by atoms with van der Waals surface area (Å²) in [6, 6.07) is 8.10. The lowest BCUT2D eigenvalue weighted by Gasteiger charge is -2.16. The normalized spacial score (nSPS) is 20.6. The Morgan fingerprint density at radius 3 is 2.80 bits per heavy atom. The number of hydrogen-bond acceptors (Lipinski definition) is 4. The third-order valence-corrected chi connectivity index (χ3v) is 5.46. The molecule has 0 spiro atoms. The van der Waals surface area contributed by atoms with Crippen molar-refractivity contribution in [2.45, 2.75) is 17.4 Å². The van der Waals surface area contributed by atoms with Gasteiger partial charge in [0.25, 0.3) is 0 Å². The van der Waals surface area contributed by atoms with E-state index in [1.165, 1.54) is 10.4 Å². The molecule has 1 unspecified atom stereocenters. The van der Waals surface area contributed by atoms with E-state index in [4.69, 9.17) is 11.6 Å². The zero-order valence-corrected chi connectivity index (χ0v) is 12.1. The van der Waals surface area contributed by atoms with Gasteiger partial charge in [-0.05, 0) is 36.8 Å². The summed E-state index contributed by atoms with van der Waals surface area (Å²) in [5.74, 6) is 0. The third kappa shape index (κ3) is 2.40. The summed E-state index contributed by atoms with van der Waals surface area (Å²) in [6.07, 6.45) is -0.102. The van der Waals surface area contributed by atoms with Crippen LogP contribution >= 0.6 is 11.6 Å².